The van der Waals surface area contributed by atoms with Gasteiger partial charge >= 0.3 is 0 Å². The quantitative estimate of drug-likeness (QED) is 0.506. The Hall–Kier alpha value is -2.80. The Morgan fingerprint density at radius 1 is 1.20 bits per heavy atom. The fourth-order valence-electron chi connectivity index (χ4n) is 4.24. The molecule has 1 aliphatic heterocycles. The summed E-state index contributed by atoms with van der Waals surface area (Å²) in [5.41, 5.74) is 2.65. The molecule has 0 saturated carbocycles. The first kappa shape index (κ1) is 20.5. The Labute approximate surface area is 182 Å². The van der Waals surface area contributed by atoms with Crippen LogP contribution in [0.3, 0.4) is 0 Å². The average Bonchev–Trinajstić information content (AvgIpc) is 2.80. The Morgan fingerprint density at radius 3 is 2.70 bits per heavy atom. The lowest BCUT2D eigenvalue weighted by atomic mass is 9.96. The first-order chi connectivity index (χ1) is 14.6. The zero-order valence-corrected chi connectivity index (χ0v) is 18.3. The monoisotopic (exact) mass is 421 g/mol. The van der Waals surface area contributed by atoms with Crippen molar-refractivity contribution in [2.45, 2.75) is 26.7 Å². The van der Waals surface area contributed by atoms with E-state index in [1.54, 1.807) is 12.4 Å². The van der Waals surface area contributed by atoms with Gasteiger partial charge in [0.1, 0.15) is 0 Å². The van der Waals surface area contributed by atoms with E-state index in [1.165, 1.54) is 0 Å². The number of piperidine rings is 1. The van der Waals surface area contributed by atoms with E-state index in [2.05, 4.69) is 20.2 Å². The number of hydrogen-bond donors (Lipinski definition) is 1. The minimum absolute atomic E-state index is 0.00549. The molecule has 6 nitrogen and oxygen atoms in total. The van der Waals surface area contributed by atoms with Crippen molar-refractivity contribution >= 4 is 50.7 Å². The van der Waals surface area contributed by atoms with Crippen LogP contribution in [0.2, 0.25) is 0 Å². The molecule has 0 spiro atoms. The maximum Gasteiger partial charge on any atom is 0.227 e. The van der Waals surface area contributed by atoms with Crippen LogP contribution >= 0.6 is 12.2 Å². The van der Waals surface area contributed by atoms with Crippen LogP contribution < -0.4 is 5.32 Å². The number of nitrogens with zero attached hydrogens (tertiary/aromatic N) is 4. The summed E-state index contributed by atoms with van der Waals surface area (Å²) in [6.07, 6.45) is 5.46. The van der Waals surface area contributed by atoms with Gasteiger partial charge in [0, 0.05) is 49.3 Å². The molecule has 1 N–H and O–H groups in total. The number of rotatable bonds is 4. The molecule has 7 heteroatoms. The molecule has 2 aromatic heterocycles. The van der Waals surface area contributed by atoms with Crippen LogP contribution in [-0.2, 0) is 4.79 Å². The number of pyridine rings is 2. The standard InChI is InChI=1S/C23H27N5OS/c1-3-27(4-2)22(29)17-9-7-13-28(15-17)23(30)26-19-14-16-8-5-11-24-20(16)18-10-6-12-25-21(18)19/h5-6,8,10-12,14,17H,3-4,7,9,13,15H2,1-2H3,(H,26,30)/t17-/m0/s1. The highest BCUT2D eigenvalue weighted by Crippen LogP contribution is 2.30. The summed E-state index contributed by atoms with van der Waals surface area (Å²) < 4.78 is 0. The number of likely N-dealkylation sites (tertiary alicyclic amines) is 1. The number of thiocarbonyl (C=S) groups is 1. The van der Waals surface area contributed by atoms with E-state index in [0.717, 1.165) is 60.0 Å². The van der Waals surface area contributed by atoms with E-state index in [9.17, 15) is 4.79 Å². The smallest absolute Gasteiger partial charge is 0.227 e. The molecule has 1 fully saturated rings. The highest BCUT2D eigenvalue weighted by molar-refractivity contribution is 7.80. The molecule has 30 heavy (non-hydrogen) atoms. The van der Waals surface area contributed by atoms with Gasteiger partial charge in [0.05, 0.1) is 22.6 Å². The second kappa shape index (κ2) is 8.92. The first-order valence-electron chi connectivity index (χ1n) is 10.6. The number of anilines is 1. The van der Waals surface area contributed by atoms with Gasteiger partial charge in [-0.25, -0.2) is 0 Å². The predicted octanol–water partition coefficient (Wildman–Crippen LogP) is 4.06. The number of benzene rings is 1. The van der Waals surface area contributed by atoms with E-state index >= 15 is 0 Å². The molecular weight excluding hydrogens is 394 g/mol. The van der Waals surface area contributed by atoms with Crippen molar-refractivity contribution < 1.29 is 4.79 Å². The van der Waals surface area contributed by atoms with Crippen LogP contribution in [0, 0.1) is 5.92 Å². The van der Waals surface area contributed by atoms with Crippen LogP contribution in [0.25, 0.3) is 21.8 Å². The van der Waals surface area contributed by atoms with Gasteiger partial charge in [0.2, 0.25) is 5.91 Å². The van der Waals surface area contributed by atoms with E-state index in [0.29, 0.717) is 11.7 Å². The third-order valence-electron chi connectivity index (χ3n) is 5.83. The molecule has 3 aromatic rings. The lowest BCUT2D eigenvalue weighted by molar-refractivity contribution is -0.136. The van der Waals surface area contributed by atoms with Crippen LogP contribution in [0.5, 0.6) is 0 Å². The molecule has 1 saturated heterocycles. The summed E-state index contributed by atoms with van der Waals surface area (Å²) in [6.45, 7) is 7.06. The van der Waals surface area contributed by atoms with Gasteiger partial charge < -0.3 is 15.1 Å². The molecule has 1 aromatic carbocycles. The number of nitrogens with one attached hydrogen (secondary N) is 1. The Bertz CT molecular complexity index is 1080. The van der Waals surface area contributed by atoms with E-state index in [-0.39, 0.29) is 11.8 Å². The van der Waals surface area contributed by atoms with E-state index in [4.69, 9.17) is 12.2 Å². The van der Waals surface area contributed by atoms with Gasteiger partial charge in [0.15, 0.2) is 5.11 Å². The van der Waals surface area contributed by atoms with Crippen molar-refractivity contribution in [3.63, 3.8) is 0 Å². The molecule has 156 valence electrons. The molecule has 0 radical (unpaired) electrons. The number of aromatic nitrogens is 2. The summed E-state index contributed by atoms with van der Waals surface area (Å²) in [4.78, 5) is 26.0. The molecule has 0 unspecified atom stereocenters. The molecule has 3 heterocycles. The van der Waals surface area contributed by atoms with Crippen LogP contribution in [0.4, 0.5) is 5.69 Å². The van der Waals surface area contributed by atoms with Gasteiger partial charge in [-0.15, -0.1) is 0 Å². The second-order valence-electron chi connectivity index (χ2n) is 7.62. The van der Waals surface area contributed by atoms with Crippen molar-refractivity contribution in [2.75, 3.05) is 31.5 Å². The fraction of sp³-hybridized carbons (Fsp3) is 0.391. The van der Waals surface area contributed by atoms with Crippen LogP contribution in [-0.4, -0.2) is 57.0 Å². The van der Waals surface area contributed by atoms with Gasteiger partial charge in [-0.1, -0.05) is 6.07 Å². The maximum atomic E-state index is 12.8. The Balaban J connectivity index is 1.57. The summed E-state index contributed by atoms with van der Waals surface area (Å²) in [6, 6.07) is 9.98. The van der Waals surface area contributed by atoms with Crippen molar-refractivity contribution in [3.05, 3.63) is 42.7 Å². The third kappa shape index (κ3) is 3.94. The zero-order valence-electron chi connectivity index (χ0n) is 17.5. The Kier molecular flexibility index (Phi) is 6.08. The number of hydrogen-bond acceptors (Lipinski definition) is 4. The van der Waals surface area contributed by atoms with E-state index in [1.807, 2.05) is 49.1 Å². The van der Waals surface area contributed by atoms with Crippen molar-refractivity contribution in [1.82, 2.24) is 19.8 Å². The SMILES string of the molecule is CCN(CC)C(=O)[C@H]1CCCN(C(=S)Nc2cc3cccnc3c3cccnc23)C1. The van der Waals surface area contributed by atoms with Crippen LogP contribution in [0.15, 0.2) is 42.7 Å². The molecule has 1 atom stereocenters. The van der Waals surface area contributed by atoms with Gasteiger partial charge in [-0.3, -0.25) is 14.8 Å². The first-order valence-corrected chi connectivity index (χ1v) is 11.0. The topological polar surface area (TPSA) is 61.4 Å². The highest BCUT2D eigenvalue weighted by atomic mass is 32.1. The number of carbonyl (C=O) groups excluding carboxylic acids is 1. The number of amides is 1. The Morgan fingerprint density at radius 2 is 1.93 bits per heavy atom. The largest absolute Gasteiger partial charge is 0.348 e. The van der Waals surface area contributed by atoms with Crippen LogP contribution in [0.1, 0.15) is 26.7 Å². The van der Waals surface area contributed by atoms with Crippen molar-refractivity contribution in [2.24, 2.45) is 5.92 Å². The summed E-state index contributed by atoms with van der Waals surface area (Å²) in [5.74, 6) is 0.227. The summed E-state index contributed by atoms with van der Waals surface area (Å²) in [5, 5.41) is 6.08. The molecule has 4 rings (SSSR count). The molecular formula is C23H27N5OS. The number of carbonyl (C=O) groups is 1. The lowest BCUT2D eigenvalue weighted by Gasteiger charge is -2.36. The fourth-order valence-corrected chi connectivity index (χ4v) is 4.52. The maximum absolute atomic E-state index is 12.8. The van der Waals surface area contributed by atoms with E-state index < -0.39 is 0 Å². The van der Waals surface area contributed by atoms with Gasteiger partial charge in [-0.2, -0.15) is 0 Å². The second-order valence-corrected chi connectivity index (χ2v) is 8.01. The van der Waals surface area contributed by atoms with Gasteiger partial charge in [-0.05, 0) is 63.2 Å². The predicted molar refractivity (Wildman–Crippen MR) is 125 cm³/mol. The molecule has 0 bridgehead atoms. The van der Waals surface area contributed by atoms with Crippen molar-refractivity contribution in [3.8, 4) is 0 Å². The zero-order chi connectivity index (χ0) is 21.1. The highest BCUT2D eigenvalue weighted by Gasteiger charge is 2.29. The molecule has 1 aliphatic rings. The number of fused-ring (bicyclic) bond motifs is 3. The average molecular weight is 422 g/mol. The normalized spacial score (nSPS) is 16.6. The third-order valence-corrected chi connectivity index (χ3v) is 6.19. The lowest BCUT2D eigenvalue weighted by Crippen LogP contribution is -2.47. The van der Waals surface area contributed by atoms with Crippen molar-refractivity contribution in [1.29, 1.82) is 0 Å². The minimum Gasteiger partial charge on any atom is -0.348 e. The molecule has 0 aliphatic carbocycles. The summed E-state index contributed by atoms with van der Waals surface area (Å²) in [7, 11) is 0. The summed E-state index contributed by atoms with van der Waals surface area (Å²) >= 11 is 5.75. The minimum atomic E-state index is -0.00549. The van der Waals surface area contributed by atoms with Gasteiger partial charge in [0.25, 0.3) is 0 Å². The molecule has 1 amide bonds.